The van der Waals surface area contributed by atoms with Crippen LogP contribution in [-0.4, -0.2) is 21.5 Å². The van der Waals surface area contributed by atoms with Crippen LogP contribution < -0.4 is 0 Å². The first-order valence-corrected chi connectivity index (χ1v) is 7.53. The number of carbonyl (C=O) groups excluding carboxylic acids is 1. The molecule has 0 saturated carbocycles. The summed E-state index contributed by atoms with van der Waals surface area (Å²) in [7, 11) is 0. The first-order chi connectivity index (χ1) is 10.2. The van der Waals surface area contributed by atoms with Crippen LogP contribution in [0.25, 0.3) is 11.0 Å². The number of benzene rings is 2. The van der Waals surface area contributed by atoms with Gasteiger partial charge in [0.25, 0.3) is 0 Å². The minimum Gasteiger partial charge on any atom is -0.333 e. The number of hydrogen-bond donors (Lipinski definition) is 1. The van der Waals surface area contributed by atoms with Gasteiger partial charge in [-0.3, -0.25) is 4.79 Å². The Morgan fingerprint density at radius 1 is 1.14 bits per heavy atom. The topological polar surface area (TPSA) is 45.8 Å². The van der Waals surface area contributed by atoms with Gasteiger partial charge in [0, 0.05) is 6.42 Å². The van der Waals surface area contributed by atoms with Gasteiger partial charge in [0.1, 0.15) is 11.6 Å². The van der Waals surface area contributed by atoms with Crippen LogP contribution in [-0.2, 0) is 11.2 Å². The highest BCUT2D eigenvalue weighted by molar-refractivity contribution is 7.99. The number of thioether (sulfide) groups is 1. The molecule has 0 aliphatic carbocycles. The summed E-state index contributed by atoms with van der Waals surface area (Å²) in [6.45, 7) is 0. The van der Waals surface area contributed by atoms with Gasteiger partial charge in [-0.1, -0.05) is 36.0 Å². The molecule has 3 rings (SSSR count). The van der Waals surface area contributed by atoms with Crippen molar-refractivity contribution in [3.8, 4) is 0 Å². The van der Waals surface area contributed by atoms with Crippen LogP contribution in [0, 0.1) is 5.82 Å². The van der Waals surface area contributed by atoms with Gasteiger partial charge in [0.05, 0.1) is 16.8 Å². The predicted octanol–water partition coefficient (Wildman–Crippen LogP) is 3.61. The number of H-pyrrole nitrogens is 1. The number of fused-ring (bicyclic) bond motifs is 1. The van der Waals surface area contributed by atoms with E-state index in [1.165, 1.54) is 23.9 Å². The second-order valence-electron chi connectivity index (χ2n) is 4.69. The van der Waals surface area contributed by atoms with Crippen molar-refractivity contribution in [2.75, 3.05) is 5.75 Å². The van der Waals surface area contributed by atoms with E-state index in [9.17, 15) is 9.18 Å². The Labute approximate surface area is 125 Å². The lowest BCUT2D eigenvalue weighted by Crippen LogP contribution is -2.05. The Hall–Kier alpha value is -2.14. The summed E-state index contributed by atoms with van der Waals surface area (Å²) in [5, 5.41) is 0.739. The van der Waals surface area contributed by atoms with Gasteiger partial charge in [-0.05, 0) is 29.8 Å². The van der Waals surface area contributed by atoms with Crippen LogP contribution in [0.1, 0.15) is 5.56 Å². The summed E-state index contributed by atoms with van der Waals surface area (Å²) in [5.74, 6) is 0.145. The summed E-state index contributed by atoms with van der Waals surface area (Å²) in [4.78, 5) is 19.5. The highest BCUT2D eigenvalue weighted by atomic mass is 32.2. The average molecular weight is 300 g/mol. The van der Waals surface area contributed by atoms with Crippen molar-refractivity contribution in [1.29, 1.82) is 0 Å². The summed E-state index contributed by atoms with van der Waals surface area (Å²) in [5.41, 5.74) is 2.68. The molecule has 21 heavy (non-hydrogen) atoms. The van der Waals surface area contributed by atoms with Gasteiger partial charge in [0.15, 0.2) is 5.16 Å². The fourth-order valence-corrected chi connectivity index (χ4v) is 2.77. The van der Waals surface area contributed by atoms with Crippen LogP contribution in [0.2, 0.25) is 0 Å². The number of nitrogens with zero attached hydrogens (tertiary/aromatic N) is 1. The number of rotatable bonds is 5. The van der Waals surface area contributed by atoms with E-state index in [0.717, 1.165) is 21.8 Å². The minimum absolute atomic E-state index is 0.0899. The van der Waals surface area contributed by atoms with E-state index < -0.39 is 0 Å². The number of halogens is 1. The number of aromatic nitrogens is 2. The molecule has 106 valence electrons. The molecule has 0 atom stereocenters. The number of imidazole rings is 1. The largest absolute Gasteiger partial charge is 0.333 e. The summed E-state index contributed by atoms with van der Waals surface area (Å²) < 4.78 is 12.8. The zero-order valence-corrected chi connectivity index (χ0v) is 12.0. The average Bonchev–Trinajstić information content (AvgIpc) is 2.90. The quantitative estimate of drug-likeness (QED) is 0.732. The second-order valence-corrected chi connectivity index (χ2v) is 5.65. The molecule has 0 unspecified atom stereocenters. The number of hydrogen-bond acceptors (Lipinski definition) is 3. The standard InChI is InChI=1S/C16H13FN2OS/c17-12-7-5-11(6-8-12)9-13(20)10-21-16-18-14-3-1-2-4-15(14)19-16/h1-8H,9-10H2,(H,18,19). The molecule has 0 spiro atoms. The molecule has 3 nitrogen and oxygen atoms in total. The Morgan fingerprint density at radius 3 is 2.67 bits per heavy atom. The van der Waals surface area contributed by atoms with Crippen molar-refractivity contribution in [2.24, 2.45) is 0 Å². The molecule has 0 saturated heterocycles. The summed E-state index contributed by atoms with van der Waals surface area (Å²) >= 11 is 1.39. The smallest absolute Gasteiger partial charge is 0.166 e. The third-order valence-corrected chi connectivity index (χ3v) is 3.99. The SMILES string of the molecule is O=C(CSc1nc2ccccc2[nH]1)Cc1ccc(F)cc1. The van der Waals surface area contributed by atoms with Crippen molar-refractivity contribution >= 4 is 28.6 Å². The second kappa shape index (κ2) is 6.10. The zero-order chi connectivity index (χ0) is 14.7. The maximum atomic E-state index is 12.8. The molecule has 3 aromatic rings. The van der Waals surface area contributed by atoms with E-state index in [1.54, 1.807) is 12.1 Å². The first-order valence-electron chi connectivity index (χ1n) is 6.54. The maximum Gasteiger partial charge on any atom is 0.166 e. The molecule has 0 aliphatic heterocycles. The van der Waals surface area contributed by atoms with E-state index in [4.69, 9.17) is 0 Å². The molecular formula is C16H13FN2OS. The summed E-state index contributed by atoms with van der Waals surface area (Å²) in [6, 6.07) is 13.8. The molecule has 1 N–H and O–H groups in total. The highest BCUT2D eigenvalue weighted by Gasteiger charge is 2.08. The van der Waals surface area contributed by atoms with Gasteiger partial charge in [-0.15, -0.1) is 0 Å². The fraction of sp³-hybridized carbons (Fsp3) is 0.125. The van der Waals surface area contributed by atoms with Crippen molar-refractivity contribution in [3.05, 3.63) is 59.9 Å². The van der Waals surface area contributed by atoms with E-state index in [2.05, 4.69) is 9.97 Å². The third-order valence-electron chi connectivity index (χ3n) is 3.05. The van der Waals surface area contributed by atoms with Crippen molar-refractivity contribution < 1.29 is 9.18 Å². The van der Waals surface area contributed by atoms with Gasteiger partial charge in [0.2, 0.25) is 0 Å². The van der Waals surface area contributed by atoms with Crippen LogP contribution >= 0.6 is 11.8 Å². The van der Waals surface area contributed by atoms with E-state index >= 15 is 0 Å². The number of ketones is 1. The Balaban J connectivity index is 1.59. The lowest BCUT2D eigenvalue weighted by atomic mass is 10.1. The molecule has 0 radical (unpaired) electrons. The van der Waals surface area contributed by atoms with Crippen LogP contribution in [0.15, 0.2) is 53.7 Å². The molecule has 2 aromatic carbocycles. The Kier molecular flexibility index (Phi) is 4.01. The van der Waals surface area contributed by atoms with Crippen molar-refractivity contribution in [3.63, 3.8) is 0 Å². The number of carbonyl (C=O) groups is 1. The van der Waals surface area contributed by atoms with Crippen molar-refractivity contribution in [2.45, 2.75) is 11.6 Å². The van der Waals surface area contributed by atoms with Crippen LogP contribution in [0.5, 0.6) is 0 Å². The Morgan fingerprint density at radius 2 is 1.90 bits per heavy atom. The van der Waals surface area contributed by atoms with Gasteiger partial charge < -0.3 is 4.98 Å². The lowest BCUT2D eigenvalue weighted by Gasteiger charge is -2.00. The van der Waals surface area contributed by atoms with E-state index in [1.807, 2.05) is 24.3 Å². The van der Waals surface area contributed by atoms with Crippen LogP contribution in [0.4, 0.5) is 4.39 Å². The molecule has 1 heterocycles. The van der Waals surface area contributed by atoms with E-state index in [-0.39, 0.29) is 11.6 Å². The van der Waals surface area contributed by atoms with Crippen LogP contribution in [0.3, 0.4) is 0 Å². The predicted molar refractivity (Wildman–Crippen MR) is 81.9 cm³/mol. The number of Topliss-reactive ketones (excluding diaryl/α,β-unsaturated/α-hetero) is 1. The lowest BCUT2D eigenvalue weighted by molar-refractivity contribution is -0.116. The monoisotopic (exact) mass is 300 g/mol. The van der Waals surface area contributed by atoms with Crippen molar-refractivity contribution in [1.82, 2.24) is 9.97 Å². The number of para-hydroxylation sites is 2. The van der Waals surface area contributed by atoms with E-state index in [0.29, 0.717) is 12.2 Å². The molecule has 1 aromatic heterocycles. The molecule has 5 heteroatoms. The van der Waals surface area contributed by atoms with Gasteiger partial charge >= 0.3 is 0 Å². The molecule has 0 fully saturated rings. The molecule has 0 bridgehead atoms. The molecule has 0 amide bonds. The Bertz CT molecular complexity index is 734. The highest BCUT2D eigenvalue weighted by Crippen LogP contribution is 2.19. The first kappa shape index (κ1) is 13.8. The molecule has 0 aliphatic rings. The normalized spacial score (nSPS) is 10.9. The minimum atomic E-state index is -0.289. The third kappa shape index (κ3) is 3.49. The maximum absolute atomic E-state index is 12.8. The fourth-order valence-electron chi connectivity index (χ4n) is 2.03. The number of nitrogens with one attached hydrogen (secondary N) is 1. The van der Waals surface area contributed by atoms with Gasteiger partial charge in [-0.25, -0.2) is 9.37 Å². The number of aromatic amines is 1. The molecular weight excluding hydrogens is 287 g/mol. The zero-order valence-electron chi connectivity index (χ0n) is 11.2. The van der Waals surface area contributed by atoms with Gasteiger partial charge in [-0.2, -0.15) is 0 Å². The summed E-state index contributed by atoms with van der Waals surface area (Å²) in [6.07, 6.45) is 0.313.